The van der Waals surface area contributed by atoms with Crippen LogP contribution in [0.3, 0.4) is 0 Å². The maximum absolute atomic E-state index is 12.4. The van der Waals surface area contributed by atoms with E-state index in [1.54, 1.807) is 6.20 Å². The number of aromatic nitrogens is 1. The first-order valence-electron chi connectivity index (χ1n) is 9.27. The molecule has 0 radical (unpaired) electrons. The summed E-state index contributed by atoms with van der Waals surface area (Å²) in [5.41, 5.74) is 1.06. The largest absolute Gasteiger partial charge is 0.494 e. The standard InChI is InChI=1S/C21H26N2O3/c24-21(11-6-14-25-19-8-2-1-3-9-19)23-13-5-10-20(16-23)26-17-18-7-4-12-22-15-18/h1-4,7-9,12,15,20H,5-6,10-11,13-14,16-17H2/t20-/m1/s1. The molecule has 1 aliphatic rings. The van der Waals surface area contributed by atoms with E-state index in [1.165, 1.54) is 0 Å². The van der Waals surface area contributed by atoms with Gasteiger partial charge < -0.3 is 14.4 Å². The minimum atomic E-state index is 0.105. The number of nitrogens with zero attached hydrogens (tertiary/aromatic N) is 2. The van der Waals surface area contributed by atoms with Crippen LogP contribution in [-0.4, -0.2) is 41.6 Å². The summed E-state index contributed by atoms with van der Waals surface area (Å²) in [6, 6.07) is 13.6. The summed E-state index contributed by atoms with van der Waals surface area (Å²) in [6.07, 6.45) is 6.91. The summed E-state index contributed by atoms with van der Waals surface area (Å²) in [6.45, 7) is 2.61. The first-order chi connectivity index (χ1) is 12.8. The van der Waals surface area contributed by atoms with E-state index in [0.29, 0.717) is 26.2 Å². The molecule has 0 N–H and O–H groups in total. The summed E-state index contributed by atoms with van der Waals surface area (Å²) in [4.78, 5) is 18.5. The Morgan fingerprint density at radius 2 is 2.08 bits per heavy atom. The first kappa shape index (κ1) is 18.4. The summed E-state index contributed by atoms with van der Waals surface area (Å²) in [5, 5.41) is 0. The van der Waals surface area contributed by atoms with Crippen molar-refractivity contribution in [3.8, 4) is 5.75 Å². The van der Waals surface area contributed by atoms with E-state index in [4.69, 9.17) is 9.47 Å². The van der Waals surface area contributed by atoms with Gasteiger partial charge in [-0.15, -0.1) is 0 Å². The quantitative estimate of drug-likeness (QED) is 0.682. The summed E-state index contributed by atoms with van der Waals surface area (Å²) in [5.74, 6) is 1.04. The molecule has 2 aromatic rings. The average molecular weight is 354 g/mol. The van der Waals surface area contributed by atoms with Gasteiger partial charge >= 0.3 is 0 Å². The van der Waals surface area contributed by atoms with E-state index >= 15 is 0 Å². The number of carbonyl (C=O) groups excluding carboxylic acids is 1. The Bertz CT molecular complexity index is 663. The molecule has 1 aromatic carbocycles. The van der Waals surface area contributed by atoms with Gasteiger partial charge in [0, 0.05) is 31.9 Å². The molecule has 1 fully saturated rings. The van der Waals surface area contributed by atoms with Crippen LogP contribution in [0.4, 0.5) is 0 Å². The average Bonchev–Trinajstić information content (AvgIpc) is 2.71. The van der Waals surface area contributed by atoms with Crippen molar-refractivity contribution in [3.05, 3.63) is 60.4 Å². The number of hydrogen-bond acceptors (Lipinski definition) is 4. The molecule has 1 atom stereocenters. The van der Waals surface area contributed by atoms with Crippen LogP contribution in [0.25, 0.3) is 0 Å². The fourth-order valence-electron chi connectivity index (χ4n) is 3.09. The fourth-order valence-corrected chi connectivity index (χ4v) is 3.09. The predicted molar refractivity (Wildman–Crippen MR) is 99.8 cm³/mol. The van der Waals surface area contributed by atoms with Gasteiger partial charge in [-0.3, -0.25) is 9.78 Å². The lowest BCUT2D eigenvalue weighted by Crippen LogP contribution is -2.43. The number of hydrogen-bond donors (Lipinski definition) is 0. The number of pyridine rings is 1. The van der Waals surface area contributed by atoms with Crippen LogP contribution in [-0.2, 0) is 16.1 Å². The van der Waals surface area contributed by atoms with Gasteiger partial charge in [0.25, 0.3) is 0 Å². The van der Waals surface area contributed by atoms with Crippen LogP contribution >= 0.6 is 0 Å². The Morgan fingerprint density at radius 3 is 2.88 bits per heavy atom. The van der Waals surface area contributed by atoms with Gasteiger partial charge in [-0.1, -0.05) is 24.3 Å². The second-order valence-electron chi connectivity index (χ2n) is 6.54. The zero-order valence-corrected chi connectivity index (χ0v) is 15.0. The molecule has 1 saturated heterocycles. The highest BCUT2D eigenvalue weighted by Crippen LogP contribution is 2.16. The van der Waals surface area contributed by atoms with Crippen molar-refractivity contribution >= 4 is 5.91 Å². The highest BCUT2D eigenvalue weighted by atomic mass is 16.5. The van der Waals surface area contributed by atoms with Crippen molar-refractivity contribution in [2.45, 2.75) is 38.4 Å². The summed E-state index contributed by atoms with van der Waals surface area (Å²) in [7, 11) is 0. The Hall–Kier alpha value is -2.40. The number of ether oxygens (including phenoxy) is 2. The van der Waals surface area contributed by atoms with Crippen molar-refractivity contribution in [1.82, 2.24) is 9.88 Å². The normalized spacial score (nSPS) is 17.1. The molecular formula is C21H26N2O3. The van der Waals surface area contributed by atoms with E-state index in [-0.39, 0.29) is 12.0 Å². The minimum Gasteiger partial charge on any atom is -0.494 e. The van der Waals surface area contributed by atoms with Gasteiger partial charge in [-0.05, 0) is 43.0 Å². The molecule has 0 bridgehead atoms. The Kier molecular flexibility index (Phi) is 7.02. The molecule has 0 unspecified atom stereocenters. The van der Waals surface area contributed by atoms with Crippen molar-refractivity contribution in [2.24, 2.45) is 0 Å². The monoisotopic (exact) mass is 354 g/mol. The minimum absolute atomic E-state index is 0.105. The molecule has 5 heteroatoms. The van der Waals surface area contributed by atoms with E-state index in [1.807, 2.05) is 53.6 Å². The third-order valence-corrected chi connectivity index (χ3v) is 4.49. The molecule has 0 spiro atoms. The summed E-state index contributed by atoms with van der Waals surface area (Å²) < 4.78 is 11.6. The van der Waals surface area contributed by atoms with Crippen LogP contribution in [0, 0.1) is 0 Å². The van der Waals surface area contributed by atoms with Crippen LogP contribution in [0.2, 0.25) is 0 Å². The van der Waals surface area contributed by atoms with Gasteiger partial charge in [0.15, 0.2) is 0 Å². The van der Waals surface area contributed by atoms with E-state index in [0.717, 1.165) is 37.1 Å². The van der Waals surface area contributed by atoms with Crippen LogP contribution in [0.15, 0.2) is 54.9 Å². The van der Waals surface area contributed by atoms with Gasteiger partial charge in [0.2, 0.25) is 5.91 Å². The third kappa shape index (κ3) is 5.85. The number of piperidine rings is 1. The molecular weight excluding hydrogens is 328 g/mol. The van der Waals surface area contributed by atoms with Crippen LogP contribution in [0.5, 0.6) is 5.75 Å². The predicted octanol–water partition coefficient (Wildman–Crippen LogP) is 3.45. The summed E-state index contributed by atoms with van der Waals surface area (Å²) >= 11 is 0. The van der Waals surface area contributed by atoms with E-state index < -0.39 is 0 Å². The topological polar surface area (TPSA) is 51.7 Å². The highest BCUT2D eigenvalue weighted by Gasteiger charge is 2.23. The maximum Gasteiger partial charge on any atom is 0.222 e. The number of rotatable bonds is 8. The Labute approximate surface area is 155 Å². The number of benzene rings is 1. The molecule has 2 heterocycles. The molecule has 26 heavy (non-hydrogen) atoms. The molecule has 1 amide bonds. The molecule has 5 nitrogen and oxygen atoms in total. The van der Waals surface area contributed by atoms with Crippen molar-refractivity contribution in [2.75, 3.05) is 19.7 Å². The van der Waals surface area contributed by atoms with Crippen LogP contribution in [0.1, 0.15) is 31.2 Å². The molecule has 1 aromatic heterocycles. The molecule has 1 aliphatic heterocycles. The second kappa shape index (κ2) is 9.92. The van der Waals surface area contributed by atoms with Gasteiger partial charge in [-0.2, -0.15) is 0 Å². The van der Waals surface area contributed by atoms with Crippen LogP contribution < -0.4 is 4.74 Å². The van der Waals surface area contributed by atoms with Crippen molar-refractivity contribution in [1.29, 1.82) is 0 Å². The van der Waals surface area contributed by atoms with Gasteiger partial charge in [-0.25, -0.2) is 0 Å². The SMILES string of the molecule is O=C(CCCOc1ccccc1)N1CCC[C@@H](OCc2cccnc2)C1. The van der Waals surface area contributed by atoms with E-state index in [9.17, 15) is 4.79 Å². The molecule has 0 saturated carbocycles. The van der Waals surface area contributed by atoms with Gasteiger partial charge in [0.1, 0.15) is 5.75 Å². The van der Waals surface area contributed by atoms with Crippen molar-refractivity contribution < 1.29 is 14.3 Å². The zero-order chi connectivity index (χ0) is 18.0. The van der Waals surface area contributed by atoms with Gasteiger partial charge in [0.05, 0.1) is 19.3 Å². The zero-order valence-electron chi connectivity index (χ0n) is 15.0. The molecule has 3 rings (SSSR count). The number of carbonyl (C=O) groups is 1. The highest BCUT2D eigenvalue weighted by molar-refractivity contribution is 5.76. The molecule has 0 aliphatic carbocycles. The lowest BCUT2D eigenvalue weighted by atomic mass is 10.1. The van der Waals surface area contributed by atoms with Crippen molar-refractivity contribution in [3.63, 3.8) is 0 Å². The Morgan fingerprint density at radius 1 is 1.19 bits per heavy atom. The first-order valence-corrected chi connectivity index (χ1v) is 9.27. The number of likely N-dealkylation sites (tertiary alicyclic amines) is 1. The Balaban J connectivity index is 1.36. The second-order valence-corrected chi connectivity index (χ2v) is 6.54. The lowest BCUT2D eigenvalue weighted by Gasteiger charge is -2.32. The fraction of sp³-hybridized carbons (Fsp3) is 0.429. The smallest absolute Gasteiger partial charge is 0.222 e. The number of para-hydroxylation sites is 1. The van der Waals surface area contributed by atoms with E-state index in [2.05, 4.69) is 4.98 Å². The maximum atomic E-state index is 12.4. The number of amides is 1. The third-order valence-electron chi connectivity index (χ3n) is 4.49. The lowest BCUT2D eigenvalue weighted by molar-refractivity contribution is -0.135. The molecule has 138 valence electrons.